The number of hydrogen-bond donors (Lipinski definition) is 1. The zero-order chi connectivity index (χ0) is 11.3. The van der Waals surface area contributed by atoms with Crippen LogP contribution in [0, 0.1) is 5.41 Å². The second kappa shape index (κ2) is 4.73. The second-order valence-electron chi connectivity index (χ2n) is 3.59. The molecule has 1 N–H and O–H groups in total. The second-order valence-corrected chi connectivity index (χ2v) is 3.59. The first-order valence-electron chi connectivity index (χ1n) is 4.92. The van der Waals surface area contributed by atoms with Crippen molar-refractivity contribution >= 4 is 12.2 Å². The molecule has 1 saturated carbocycles. The van der Waals surface area contributed by atoms with Crippen molar-refractivity contribution in [2.45, 2.75) is 19.8 Å². The largest absolute Gasteiger partial charge is 0.325 e. The number of aldehydes is 1. The maximum absolute atomic E-state index is 11.7. The minimum Gasteiger partial charge on any atom is -0.325 e. The van der Waals surface area contributed by atoms with E-state index < -0.39 is 5.41 Å². The Kier molecular flexibility index (Phi) is 3.61. The monoisotopic (exact) mass is 205 g/mol. The van der Waals surface area contributed by atoms with Crippen molar-refractivity contribution in [1.29, 1.82) is 0 Å². The van der Waals surface area contributed by atoms with Gasteiger partial charge in [-0.2, -0.15) is 0 Å². The fourth-order valence-electron chi connectivity index (χ4n) is 1.23. The summed E-state index contributed by atoms with van der Waals surface area (Å²) in [6.45, 7) is 5.41. The Morgan fingerprint density at radius 3 is 2.53 bits per heavy atom. The molecule has 0 unspecified atom stereocenters. The predicted molar refractivity (Wildman–Crippen MR) is 59.0 cm³/mol. The van der Waals surface area contributed by atoms with E-state index in [0.29, 0.717) is 18.5 Å². The number of rotatable bonds is 5. The zero-order valence-electron chi connectivity index (χ0n) is 8.82. The average molecular weight is 205 g/mol. The fourth-order valence-corrected chi connectivity index (χ4v) is 1.23. The number of nitrogens with one attached hydrogen (secondary N) is 1. The molecular weight excluding hydrogens is 190 g/mol. The number of hydrogen-bond acceptors (Lipinski definition) is 2. The normalized spacial score (nSPS) is 18.6. The molecule has 1 fully saturated rings. The van der Waals surface area contributed by atoms with Crippen LogP contribution in [0.3, 0.4) is 0 Å². The summed E-state index contributed by atoms with van der Waals surface area (Å²) in [6.07, 6.45) is 8.91. The zero-order valence-corrected chi connectivity index (χ0v) is 8.82. The Balaban J connectivity index is 2.67. The van der Waals surface area contributed by atoms with Crippen LogP contribution >= 0.6 is 0 Å². The predicted octanol–water partition coefficient (Wildman–Crippen LogP) is 1.73. The highest BCUT2D eigenvalue weighted by Gasteiger charge is 2.50. The van der Waals surface area contributed by atoms with E-state index in [1.807, 2.05) is 13.0 Å². The van der Waals surface area contributed by atoms with Crippen molar-refractivity contribution in [1.82, 2.24) is 5.32 Å². The summed E-state index contributed by atoms with van der Waals surface area (Å²) >= 11 is 0. The summed E-state index contributed by atoms with van der Waals surface area (Å²) in [6, 6.07) is 0. The quantitative estimate of drug-likeness (QED) is 0.422. The molecule has 15 heavy (non-hydrogen) atoms. The van der Waals surface area contributed by atoms with E-state index in [1.54, 1.807) is 18.2 Å². The Hall–Kier alpha value is -1.64. The lowest BCUT2D eigenvalue weighted by Crippen LogP contribution is -2.31. The van der Waals surface area contributed by atoms with Crippen LogP contribution in [0.5, 0.6) is 0 Å². The first-order valence-corrected chi connectivity index (χ1v) is 4.92. The van der Waals surface area contributed by atoms with E-state index in [4.69, 9.17) is 0 Å². The lowest BCUT2D eigenvalue weighted by atomic mass is 10.1. The van der Waals surface area contributed by atoms with E-state index in [9.17, 15) is 9.59 Å². The molecule has 0 heterocycles. The van der Waals surface area contributed by atoms with Gasteiger partial charge < -0.3 is 10.1 Å². The molecule has 1 amide bonds. The Bertz CT molecular complexity index is 336. The summed E-state index contributed by atoms with van der Waals surface area (Å²) in [5.74, 6) is -0.219. The maximum Gasteiger partial charge on any atom is 0.237 e. The molecule has 0 aromatic heterocycles. The van der Waals surface area contributed by atoms with Crippen LogP contribution in [0.25, 0.3) is 0 Å². The highest BCUT2D eigenvalue weighted by molar-refractivity contribution is 6.00. The lowest BCUT2D eigenvalue weighted by Gasteiger charge is -2.09. The van der Waals surface area contributed by atoms with Crippen LogP contribution in [0.4, 0.5) is 0 Å². The molecule has 0 bridgehead atoms. The van der Waals surface area contributed by atoms with Gasteiger partial charge in [-0.3, -0.25) is 4.79 Å². The minimum atomic E-state index is -0.762. The summed E-state index contributed by atoms with van der Waals surface area (Å²) in [5.41, 5.74) is -0.104. The number of carbonyl (C=O) groups is 2. The maximum atomic E-state index is 11.7. The molecule has 1 aliphatic carbocycles. The molecule has 1 rings (SSSR count). The summed E-state index contributed by atoms with van der Waals surface area (Å²) in [7, 11) is 0. The van der Waals surface area contributed by atoms with Crippen molar-refractivity contribution in [3.8, 4) is 0 Å². The standard InChI is InChI=1S/C12H15NO2/c1-3-5-10(6-4-2)13-11(15)12(9-14)7-8-12/h3-6,9H,1,7-8H2,2H3,(H,13,15)/b6-4-,10-5+. The van der Waals surface area contributed by atoms with Crippen LogP contribution in [0.2, 0.25) is 0 Å². The van der Waals surface area contributed by atoms with Gasteiger partial charge in [0.1, 0.15) is 11.7 Å². The van der Waals surface area contributed by atoms with Gasteiger partial charge >= 0.3 is 0 Å². The van der Waals surface area contributed by atoms with Crippen molar-refractivity contribution < 1.29 is 9.59 Å². The summed E-state index contributed by atoms with van der Waals surface area (Å²) in [4.78, 5) is 22.4. The lowest BCUT2D eigenvalue weighted by molar-refractivity contribution is -0.130. The number of allylic oxidation sites excluding steroid dienone is 4. The Morgan fingerprint density at radius 2 is 2.13 bits per heavy atom. The number of amides is 1. The van der Waals surface area contributed by atoms with Crippen molar-refractivity contribution in [3.05, 3.63) is 36.6 Å². The van der Waals surface area contributed by atoms with Gasteiger partial charge in [0.15, 0.2) is 0 Å². The van der Waals surface area contributed by atoms with Gasteiger partial charge in [-0.05, 0) is 31.9 Å². The van der Waals surface area contributed by atoms with Gasteiger partial charge in [-0.1, -0.05) is 18.7 Å². The van der Waals surface area contributed by atoms with Crippen LogP contribution in [-0.2, 0) is 9.59 Å². The van der Waals surface area contributed by atoms with Gasteiger partial charge in [0.25, 0.3) is 0 Å². The third-order valence-corrected chi connectivity index (χ3v) is 2.37. The molecular formula is C12H15NO2. The highest BCUT2D eigenvalue weighted by Crippen LogP contribution is 2.43. The molecule has 1 aliphatic rings. The Labute approximate surface area is 89.6 Å². The summed E-state index contributed by atoms with van der Waals surface area (Å²) < 4.78 is 0. The average Bonchev–Trinajstić information content (AvgIpc) is 2.99. The molecule has 0 atom stereocenters. The highest BCUT2D eigenvalue weighted by atomic mass is 16.2. The molecule has 0 aliphatic heterocycles. The number of carbonyl (C=O) groups excluding carboxylic acids is 2. The van der Waals surface area contributed by atoms with Gasteiger partial charge in [0, 0.05) is 5.70 Å². The van der Waals surface area contributed by atoms with Crippen LogP contribution < -0.4 is 5.32 Å². The van der Waals surface area contributed by atoms with Crippen molar-refractivity contribution in [3.63, 3.8) is 0 Å². The van der Waals surface area contributed by atoms with Crippen LogP contribution in [-0.4, -0.2) is 12.2 Å². The van der Waals surface area contributed by atoms with Gasteiger partial charge in [-0.25, -0.2) is 0 Å². The van der Waals surface area contributed by atoms with Gasteiger partial charge in [0.2, 0.25) is 5.91 Å². The molecule has 0 saturated heterocycles. The SMILES string of the molecule is C=C/C=C(\C=C/C)NC(=O)C1(C=O)CC1. The smallest absolute Gasteiger partial charge is 0.237 e. The van der Waals surface area contributed by atoms with Crippen LogP contribution in [0.15, 0.2) is 36.6 Å². The summed E-state index contributed by atoms with van der Waals surface area (Å²) in [5, 5.41) is 2.71. The first kappa shape index (κ1) is 11.4. The van der Waals surface area contributed by atoms with Gasteiger partial charge in [0.05, 0.1) is 0 Å². The van der Waals surface area contributed by atoms with Crippen molar-refractivity contribution in [2.75, 3.05) is 0 Å². The molecule has 0 spiro atoms. The topological polar surface area (TPSA) is 46.2 Å². The van der Waals surface area contributed by atoms with Crippen LogP contribution in [0.1, 0.15) is 19.8 Å². The van der Waals surface area contributed by atoms with E-state index in [-0.39, 0.29) is 5.91 Å². The third-order valence-electron chi connectivity index (χ3n) is 2.37. The fraction of sp³-hybridized carbons (Fsp3) is 0.333. The Morgan fingerprint density at radius 1 is 1.47 bits per heavy atom. The first-order chi connectivity index (χ1) is 7.18. The molecule has 80 valence electrons. The van der Waals surface area contributed by atoms with E-state index >= 15 is 0 Å². The molecule has 0 aromatic carbocycles. The van der Waals surface area contributed by atoms with Crippen molar-refractivity contribution in [2.24, 2.45) is 5.41 Å². The molecule has 0 aromatic rings. The van der Waals surface area contributed by atoms with E-state index in [2.05, 4.69) is 11.9 Å². The molecule has 0 radical (unpaired) electrons. The third kappa shape index (κ3) is 2.65. The molecule has 3 nitrogen and oxygen atoms in total. The van der Waals surface area contributed by atoms with Gasteiger partial charge in [-0.15, -0.1) is 0 Å². The molecule has 3 heteroatoms. The minimum absolute atomic E-state index is 0.219. The van der Waals surface area contributed by atoms with E-state index in [1.165, 1.54) is 0 Å². The van der Waals surface area contributed by atoms with E-state index in [0.717, 1.165) is 6.29 Å².